The van der Waals surface area contributed by atoms with Gasteiger partial charge in [0.05, 0.1) is 0 Å². The number of aryl methyl sites for hydroxylation is 1. The lowest BCUT2D eigenvalue weighted by molar-refractivity contribution is 0.588. The lowest BCUT2D eigenvalue weighted by atomic mass is 10.2. The van der Waals surface area contributed by atoms with Crippen molar-refractivity contribution < 1.29 is 0 Å². The van der Waals surface area contributed by atoms with Gasteiger partial charge in [0.1, 0.15) is 5.82 Å². The molecule has 1 aliphatic rings. The van der Waals surface area contributed by atoms with Crippen molar-refractivity contribution >= 4 is 5.82 Å². The fourth-order valence-electron chi connectivity index (χ4n) is 2.29. The van der Waals surface area contributed by atoms with Crippen molar-refractivity contribution in [2.45, 2.75) is 59.2 Å². The maximum absolute atomic E-state index is 4.69. The van der Waals surface area contributed by atoms with Crippen LogP contribution in [-0.4, -0.2) is 23.6 Å². The van der Waals surface area contributed by atoms with E-state index in [9.17, 15) is 0 Å². The molecule has 0 unspecified atom stereocenters. The van der Waals surface area contributed by atoms with Crippen molar-refractivity contribution in [2.75, 3.05) is 11.4 Å². The number of aromatic nitrogens is 1. The highest BCUT2D eigenvalue weighted by Crippen LogP contribution is 2.30. The van der Waals surface area contributed by atoms with E-state index in [-0.39, 0.29) is 0 Å². The molecule has 0 aliphatic heterocycles. The van der Waals surface area contributed by atoms with E-state index >= 15 is 0 Å². The second-order valence-corrected chi connectivity index (χ2v) is 5.53. The van der Waals surface area contributed by atoms with Gasteiger partial charge in [-0.3, -0.25) is 0 Å². The van der Waals surface area contributed by atoms with Crippen molar-refractivity contribution in [1.82, 2.24) is 10.3 Å². The van der Waals surface area contributed by atoms with E-state index in [0.29, 0.717) is 6.04 Å². The van der Waals surface area contributed by atoms with E-state index in [2.05, 4.69) is 50.0 Å². The third-order valence-corrected chi connectivity index (χ3v) is 3.34. The van der Waals surface area contributed by atoms with Crippen molar-refractivity contribution in [3.63, 3.8) is 0 Å². The molecule has 0 saturated heterocycles. The lowest BCUT2D eigenvalue weighted by Crippen LogP contribution is -2.27. The van der Waals surface area contributed by atoms with Gasteiger partial charge in [0, 0.05) is 30.9 Å². The fraction of sp³-hybridized carbons (Fsp3) is 0.667. The molecule has 18 heavy (non-hydrogen) atoms. The van der Waals surface area contributed by atoms with Crippen LogP contribution in [0.25, 0.3) is 0 Å². The molecule has 2 rings (SSSR count). The Hall–Kier alpha value is -1.09. The van der Waals surface area contributed by atoms with Crippen LogP contribution in [0, 0.1) is 6.92 Å². The first-order chi connectivity index (χ1) is 8.60. The summed E-state index contributed by atoms with van der Waals surface area (Å²) in [6, 6.07) is 5.67. The van der Waals surface area contributed by atoms with Crippen LogP contribution in [0.5, 0.6) is 0 Å². The van der Waals surface area contributed by atoms with Gasteiger partial charge in [0.15, 0.2) is 0 Å². The van der Waals surface area contributed by atoms with E-state index in [1.807, 2.05) is 0 Å². The first-order valence-electron chi connectivity index (χ1n) is 7.07. The van der Waals surface area contributed by atoms with Gasteiger partial charge >= 0.3 is 0 Å². The molecular weight excluding hydrogens is 222 g/mol. The van der Waals surface area contributed by atoms with Gasteiger partial charge < -0.3 is 10.2 Å². The van der Waals surface area contributed by atoms with Crippen LogP contribution in [0.15, 0.2) is 12.1 Å². The van der Waals surface area contributed by atoms with Crippen LogP contribution in [-0.2, 0) is 6.54 Å². The molecule has 0 aromatic carbocycles. The van der Waals surface area contributed by atoms with Gasteiger partial charge in [-0.05, 0) is 44.4 Å². The Labute approximate surface area is 111 Å². The van der Waals surface area contributed by atoms with Gasteiger partial charge in [0.25, 0.3) is 0 Å². The molecular formula is C15H25N3. The molecule has 0 radical (unpaired) electrons. The Morgan fingerprint density at radius 3 is 2.67 bits per heavy atom. The topological polar surface area (TPSA) is 28.2 Å². The molecule has 1 aliphatic carbocycles. The third-order valence-electron chi connectivity index (χ3n) is 3.34. The number of hydrogen-bond donors (Lipinski definition) is 1. The zero-order valence-corrected chi connectivity index (χ0v) is 12.0. The SMILES string of the molecule is CCN(c1cc(CNC(C)C)cc(C)n1)C1CC1. The third kappa shape index (κ3) is 3.45. The molecule has 1 saturated carbocycles. The second kappa shape index (κ2) is 5.70. The number of nitrogens with zero attached hydrogens (tertiary/aromatic N) is 2. The second-order valence-electron chi connectivity index (χ2n) is 5.53. The van der Waals surface area contributed by atoms with E-state index in [1.54, 1.807) is 0 Å². The molecule has 3 heteroatoms. The molecule has 100 valence electrons. The maximum Gasteiger partial charge on any atom is 0.129 e. The summed E-state index contributed by atoms with van der Waals surface area (Å²) in [7, 11) is 0. The molecule has 0 atom stereocenters. The van der Waals surface area contributed by atoms with E-state index in [4.69, 9.17) is 4.98 Å². The minimum Gasteiger partial charge on any atom is -0.354 e. The summed E-state index contributed by atoms with van der Waals surface area (Å²) in [6.45, 7) is 10.6. The van der Waals surface area contributed by atoms with Gasteiger partial charge in [-0.1, -0.05) is 13.8 Å². The summed E-state index contributed by atoms with van der Waals surface area (Å²) < 4.78 is 0. The smallest absolute Gasteiger partial charge is 0.129 e. The van der Waals surface area contributed by atoms with Crippen LogP contribution in [0.1, 0.15) is 44.9 Å². The predicted molar refractivity (Wildman–Crippen MR) is 77.0 cm³/mol. The number of nitrogens with one attached hydrogen (secondary N) is 1. The van der Waals surface area contributed by atoms with Crippen LogP contribution in [0.3, 0.4) is 0 Å². The Bertz CT molecular complexity index is 397. The quantitative estimate of drug-likeness (QED) is 0.838. The van der Waals surface area contributed by atoms with Gasteiger partial charge in [-0.15, -0.1) is 0 Å². The van der Waals surface area contributed by atoms with E-state index in [1.165, 1.54) is 18.4 Å². The summed E-state index contributed by atoms with van der Waals surface area (Å²) in [5.41, 5.74) is 2.46. The summed E-state index contributed by atoms with van der Waals surface area (Å²) in [5.74, 6) is 1.15. The molecule has 1 N–H and O–H groups in total. The number of rotatable bonds is 6. The Morgan fingerprint density at radius 2 is 2.11 bits per heavy atom. The number of hydrogen-bond acceptors (Lipinski definition) is 3. The average molecular weight is 247 g/mol. The largest absolute Gasteiger partial charge is 0.354 e. The van der Waals surface area contributed by atoms with E-state index < -0.39 is 0 Å². The Kier molecular flexibility index (Phi) is 4.23. The van der Waals surface area contributed by atoms with Crippen LogP contribution < -0.4 is 10.2 Å². The van der Waals surface area contributed by atoms with Crippen LogP contribution in [0.2, 0.25) is 0 Å². The van der Waals surface area contributed by atoms with Gasteiger partial charge in [-0.25, -0.2) is 4.98 Å². The van der Waals surface area contributed by atoms with E-state index in [0.717, 1.165) is 30.6 Å². The minimum absolute atomic E-state index is 0.521. The number of pyridine rings is 1. The molecule has 1 aromatic heterocycles. The van der Waals surface area contributed by atoms with Crippen molar-refractivity contribution in [3.8, 4) is 0 Å². The fourth-order valence-corrected chi connectivity index (χ4v) is 2.29. The summed E-state index contributed by atoms with van der Waals surface area (Å²) >= 11 is 0. The van der Waals surface area contributed by atoms with Gasteiger partial charge in [-0.2, -0.15) is 0 Å². The number of anilines is 1. The molecule has 1 heterocycles. The molecule has 1 aromatic rings. The molecule has 0 bridgehead atoms. The molecule has 1 fully saturated rings. The zero-order chi connectivity index (χ0) is 13.1. The lowest BCUT2D eigenvalue weighted by Gasteiger charge is -2.22. The average Bonchev–Trinajstić information content (AvgIpc) is 3.11. The highest BCUT2D eigenvalue weighted by Gasteiger charge is 2.29. The Balaban J connectivity index is 2.14. The monoisotopic (exact) mass is 247 g/mol. The maximum atomic E-state index is 4.69. The first kappa shape index (κ1) is 13.3. The molecule has 0 spiro atoms. The van der Waals surface area contributed by atoms with Gasteiger partial charge in [0.2, 0.25) is 0 Å². The highest BCUT2D eigenvalue weighted by atomic mass is 15.2. The zero-order valence-electron chi connectivity index (χ0n) is 12.0. The van der Waals surface area contributed by atoms with Crippen LogP contribution >= 0.6 is 0 Å². The first-order valence-corrected chi connectivity index (χ1v) is 7.07. The standard InChI is InChI=1S/C15H25N3/c1-5-18(14-6-7-14)15-9-13(8-12(4)17-15)10-16-11(2)3/h8-9,11,14,16H,5-7,10H2,1-4H3. The summed E-state index contributed by atoms with van der Waals surface area (Å²) in [5, 5.41) is 3.47. The molecule has 3 nitrogen and oxygen atoms in total. The van der Waals surface area contributed by atoms with Crippen molar-refractivity contribution in [2.24, 2.45) is 0 Å². The summed E-state index contributed by atoms with van der Waals surface area (Å²) in [4.78, 5) is 7.13. The minimum atomic E-state index is 0.521. The highest BCUT2D eigenvalue weighted by molar-refractivity contribution is 5.45. The predicted octanol–water partition coefficient (Wildman–Crippen LogP) is 2.88. The van der Waals surface area contributed by atoms with Crippen molar-refractivity contribution in [1.29, 1.82) is 0 Å². The normalized spacial score (nSPS) is 15.2. The summed E-state index contributed by atoms with van der Waals surface area (Å²) in [6.07, 6.45) is 2.64. The van der Waals surface area contributed by atoms with Crippen molar-refractivity contribution in [3.05, 3.63) is 23.4 Å². The Morgan fingerprint density at radius 1 is 1.39 bits per heavy atom. The van der Waals surface area contributed by atoms with Crippen LogP contribution in [0.4, 0.5) is 5.82 Å². The molecule has 0 amide bonds.